The van der Waals surface area contributed by atoms with Gasteiger partial charge >= 0.3 is 5.97 Å². The van der Waals surface area contributed by atoms with E-state index in [1.54, 1.807) is 12.3 Å². The summed E-state index contributed by atoms with van der Waals surface area (Å²) in [5.41, 5.74) is 2.50. The fourth-order valence-corrected chi connectivity index (χ4v) is 2.21. The molecule has 0 aliphatic heterocycles. The second-order valence-corrected chi connectivity index (χ2v) is 4.24. The molecule has 0 atom stereocenters. The van der Waals surface area contributed by atoms with Crippen molar-refractivity contribution in [1.82, 2.24) is 4.98 Å². The van der Waals surface area contributed by atoms with Gasteiger partial charge in [-0.15, -0.1) is 0 Å². The molecule has 0 unspecified atom stereocenters. The van der Waals surface area contributed by atoms with Crippen LogP contribution in [0.4, 0.5) is 0 Å². The van der Waals surface area contributed by atoms with E-state index in [1.165, 1.54) is 0 Å². The van der Waals surface area contributed by atoms with Gasteiger partial charge < -0.3 is 5.11 Å². The molecular weight excluding hydrogens is 238 g/mol. The lowest BCUT2D eigenvalue weighted by Crippen LogP contribution is -2.02. The van der Waals surface area contributed by atoms with E-state index in [0.29, 0.717) is 22.0 Å². The van der Waals surface area contributed by atoms with E-state index >= 15 is 0 Å². The van der Waals surface area contributed by atoms with Crippen molar-refractivity contribution in [2.24, 2.45) is 0 Å². The van der Waals surface area contributed by atoms with Crippen molar-refractivity contribution >= 4 is 16.9 Å². The molecule has 0 fully saturated rings. The zero-order valence-corrected chi connectivity index (χ0v) is 10.1. The smallest absolute Gasteiger partial charge is 0.337 e. The molecule has 3 nitrogen and oxygen atoms in total. The SMILES string of the molecule is O=C(O)c1c(-c2ccccc2)cnc2ccccc12. The first-order valence-corrected chi connectivity index (χ1v) is 5.94. The van der Waals surface area contributed by atoms with Crippen LogP contribution in [0.5, 0.6) is 0 Å². The minimum absolute atomic E-state index is 0.303. The normalized spacial score (nSPS) is 10.5. The lowest BCUT2D eigenvalue weighted by atomic mass is 9.98. The van der Waals surface area contributed by atoms with Gasteiger partial charge in [0.15, 0.2) is 0 Å². The van der Waals surface area contributed by atoms with Crippen LogP contribution in [0.15, 0.2) is 60.8 Å². The van der Waals surface area contributed by atoms with Gasteiger partial charge in [0.1, 0.15) is 0 Å². The highest BCUT2D eigenvalue weighted by atomic mass is 16.4. The maximum atomic E-state index is 11.6. The summed E-state index contributed by atoms with van der Waals surface area (Å²) in [4.78, 5) is 15.9. The van der Waals surface area contributed by atoms with Crippen LogP contribution in [0.3, 0.4) is 0 Å². The van der Waals surface area contributed by atoms with Crippen molar-refractivity contribution in [2.75, 3.05) is 0 Å². The monoisotopic (exact) mass is 249 g/mol. The fraction of sp³-hybridized carbons (Fsp3) is 0. The standard InChI is InChI=1S/C16H11NO2/c18-16(19)15-12-8-4-5-9-14(12)17-10-13(15)11-6-2-1-3-7-11/h1-10H,(H,18,19). The third-order valence-electron chi connectivity index (χ3n) is 3.07. The first-order chi connectivity index (χ1) is 9.27. The Kier molecular flexibility index (Phi) is 2.72. The van der Waals surface area contributed by atoms with Gasteiger partial charge in [0.25, 0.3) is 0 Å². The quantitative estimate of drug-likeness (QED) is 0.754. The third kappa shape index (κ3) is 1.95. The van der Waals surface area contributed by atoms with Crippen molar-refractivity contribution in [3.05, 3.63) is 66.4 Å². The van der Waals surface area contributed by atoms with Crippen LogP contribution in [-0.2, 0) is 0 Å². The molecule has 0 bridgehead atoms. The number of carboxylic acid groups (broad SMARTS) is 1. The second-order valence-electron chi connectivity index (χ2n) is 4.24. The van der Waals surface area contributed by atoms with Crippen molar-refractivity contribution in [2.45, 2.75) is 0 Å². The number of rotatable bonds is 2. The van der Waals surface area contributed by atoms with E-state index in [1.807, 2.05) is 48.5 Å². The summed E-state index contributed by atoms with van der Waals surface area (Å²) in [6, 6.07) is 16.7. The maximum absolute atomic E-state index is 11.6. The number of aromatic carboxylic acids is 1. The average molecular weight is 249 g/mol. The van der Waals surface area contributed by atoms with E-state index in [4.69, 9.17) is 0 Å². The summed E-state index contributed by atoms with van der Waals surface area (Å²) in [6.45, 7) is 0. The summed E-state index contributed by atoms with van der Waals surface area (Å²) < 4.78 is 0. The number of hydrogen-bond donors (Lipinski definition) is 1. The lowest BCUT2D eigenvalue weighted by Gasteiger charge is -2.09. The molecule has 0 aliphatic carbocycles. The fourth-order valence-electron chi connectivity index (χ4n) is 2.21. The second kappa shape index (κ2) is 4.53. The molecule has 3 aromatic rings. The Balaban J connectivity index is 2.37. The topological polar surface area (TPSA) is 50.2 Å². The van der Waals surface area contributed by atoms with Crippen LogP contribution >= 0.6 is 0 Å². The van der Waals surface area contributed by atoms with Gasteiger partial charge in [-0.25, -0.2) is 4.79 Å². The number of benzene rings is 2. The van der Waals surface area contributed by atoms with E-state index in [2.05, 4.69) is 4.98 Å². The minimum Gasteiger partial charge on any atom is -0.478 e. The minimum atomic E-state index is -0.933. The van der Waals surface area contributed by atoms with E-state index in [-0.39, 0.29) is 0 Å². The van der Waals surface area contributed by atoms with Gasteiger partial charge in [-0.2, -0.15) is 0 Å². The molecule has 3 rings (SSSR count). The van der Waals surface area contributed by atoms with Gasteiger partial charge in [0.05, 0.1) is 11.1 Å². The molecular formula is C16H11NO2. The van der Waals surface area contributed by atoms with Crippen LogP contribution in [0, 0.1) is 0 Å². The van der Waals surface area contributed by atoms with Gasteiger partial charge in [-0.05, 0) is 11.6 Å². The number of para-hydroxylation sites is 1. The van der Waals surface area contributed by atoms with Crippen LogP contribution in [0.25, 0.3) is 22.0 Å². The van der Waals surface area contributed by atoms with E-state index in [9.17, 15) is 9.90 Å². The predicted molar refractivity (Wildman–Crippen MR) is 74.1 cm³/mol. The molecule has 19 heavy (non-hydrogen) atoms. The predicted octanol–water partition coefficient (Wildman–Crippen LogP) is 3.60. The van der Waals surface area contributed by atoms with Crippen LogP contribution in [0.2, 0.25) is 0 Å². The maximum Gasteiger partial charge on any atom is 0.337 e. The third-order valence-corrected chi connectivity index (χ3v) is 3.07. The molecule has 2 aromatic carbocycles. The summed E-state index contributed by atoms with van der Waals surface area (Å²) in [5, 5.41) is 10.2. The summed E-state index contributed by atoms with van der Waals surface area (Å²) >= 11 is 0. The van der Waals surface area contributed by atoms with Crippen molar-refractivity contribution < 1.29 is 9.90 Å². The summed E-state index contributed by atoms with van der Waals surface area (Å²) in [6.07, 6.45) is 1.63. The van der Waals surface area contributed by atoms with Gasteiger partial charge in [0, 0.05) is 17.1 Å². The Morgan fingerprint density at radius 3 is 2.37 bits per heavy atom. The molecule has 1 heterocycles. The molecule has 92 valence electrons. The first kappa shape index (κ1) is 11.4. The van der Waals surface area contributed by atoms with E-state index < -0.39 is 5.97 Å². The Morgan fingerprint density at radius 2 is 1.63 bits per heavy atom. The van der Waals surface area contributed by atoms with Crippen LogP contribution < -0.4 is 0 Å². The Bertz CT molecular complexity index is 751. The zero-order chi connectivity index (χ0) is 13.2. The number of nitrogens with zero attached hydrogens (tertiary/aromatic N) is 1. The highest BCUT2D eigenvalue weighted by Gasteiger charge is 2.16. The number of hydrogen-bond acceptors (Lipinski definition) is 2. The Hall–Kier alpha value is -2.68. The molecule has 0 aliphatic rings. The number of fused-ring (bicyclic) bond motifs is 1. The Labute approximate surface area is 110 Å². The first-order valence-electron chi connectivity index (χ1n) is 5.94. The van der Waals surface area contributed by atoms with E-state index in [0.717, 1.165) is 5.56 Å². The number of carbonyl (C=O) groups is 1. The summed E-state index contributed by atoms with van der Waals surface area (Å²) in [5.74, 6) is -0.933. The highest BCUT2D eigenvalue weighted by Crippen LogP contribution is 2.28. The molecule has 0 saturated carbocycles. The molecule has 1 N–H and O–H groups in total. The average Bonchev–Trinajstić information content (AvgIpc) is 2.46. The molecule has 1 aromatic heterocycles. The van der Waals surface area contributed by atoms with Crippen molar-refractivity contribution in [3.63, 3.8) is 0 Å². The summed E-state index contributed by atoms with van der Waals surface area (Å²) in [7, 11) is 0. The number of pyridine rings is 1. The number of aromatic nitrogens is 1. The van der Waals surface area contributed by atoms with Gasteiger partial charge in [-0.3, -0.25) is 4.98 Å². The molecule has 0 radical (unpaired) electrons. The highest BCUT2D eigenvalue weighted by molar-refractivity contribution is 6.08. The van der Waals surface area contributed by atoms with Crippen LogP contribution in [0.1, 0.15) is 10.4 Å². The van der Waals surface area contributed by atoms with Crippen molar-refractivity contribution in [3.8, 4) is 11.1 Å². The molecule has 0 spiro atoms. The van der Waals surface area contributed by atoms with Gasteiger partial charge in [-0.1, -0.05) is 48.5 Å². The molecule has 0 saturated heterocycles. The lowest BCUT2D eigenvalue weighted by molar-refractivity contribution is 0.0700. The largest absolute Gasteiger partial charge is 0.478 e. The van der Waals surface area contributed by atoms with Crippen LogP contribution in [-0.4, -0.2) is 16.1 Å². The molecule has 0 amide bonds. The molecule has 3 heteroatoms. The van der Waals surface area contributed by atoms with Crippen molar-refractivity contribution in [1.29, 1.82) is 0 Å². The Morgan fingerprint density at radius 1 is 0.947 bits per heavy atom. The number of carboxylic acids is 1. The van der Waals surface area contributed by atoms with Gasteiger partial charge in [0.2, 0.25) is 0 Å². The zero-order valence-electron chi connectivity index (χ0n) is 10.1.